The normalized spacial score (nSPS) is 21.1. The lowest BCUT2D eigenvalue weighted by atomic mass is 9.87. The fraction of sp³-hybridized carbons (Fsp3) is 0.526. The number of aromatic nitrogens is 3. The molecule has 134 valence electrons. The summed E-state index contributed by atoms with van der Waals surface area (Å²) in [5.41, 5.74) is 1.89. The molecule has 1 amide bonds. The predicted molar refractivity (Wildman–Crippen MR) is 97.0 cm³/mol. The lowest BCUT2D eigenvalue weighted by Crippen LogP contribution is -2.29. The fourth-order valence-corrected chi connectivity index (χ4v) is 3.08. The van der Waals surface area contributed by atoms with Gasteiger partial charge in [-0.2, -0.15) is 5.10 Å². The molecule has 0 aliphatic heterocycles. The molecule has 2 aromatic heterocycles. The molecule has 2 heterocycles. The molecule has 0 bridgehead atoms. The Hall–Kier alpha value is -2.21. The first-order valence-corrected chi connectivity index (χ1v) is 8.83. The van der Waals surface area contributed by atoms with Crippen LogP contribution in [0.5, 0.6) is 0 Å². The van der Waals surface area contributed by atoms with Gasteiger partial charge in [0.05, 0.1) is 17.8 Å². The number of nitrogens with one attached hydrogen (secondary N) is 1. The topological polar surface area (TPSA) is 80.0 Å². The standard InChI is InChI=1S/C19H26N4O2/c1-19(2,3)23-12-15(11-21-23)14-8-9-20-17(10-14)22-18(25)13-4-6-16(24)7-5-13/h8-13,16,24H,4-7H2,1-3H3,(H,20,22,25)/t13-,16-. The lowest BCUT2D eigenvalue weighted by Gasteiger charge is -2.24. The molecule has 0 unspecified atom stereocenters. The van der Waals surface area contributed by atoms with Crippen molar-refractivity contribution in [3.63, 3.8) is 0 Å². The van der Waals surface area contributed by atoms with Crippen molar-refractivity contribution >= 4 is 11.7 Å². The highest BCUT2D eigenvalue weighted by Gasteiger charge is 2.25. The number of hydrogen-bond acceptors (Lipinski definition) is 4. The summed E-state index contributed by atoms with van der Waals surface area (Å²) < 4.78 is 1.92. The number of anilines is 1. The summed E-state index contributed by atoms with van der Waals surface area (Å²) in [4.78, 5) is 16.7. The Morgan fingerprint density at radius 2 is 1.96 bits per heavy atom. The molecular formula is C19H26N4O2. The van der Waals surface area contributed by atoms with Crippen LogP contribution >= 0.6 is 0 Å². The molecule has 0 radical (unpaired) electrons. The van der Waals surface area contributed by atoms with E-state index in [9.17, 15) is 9.90 Å². The second-order valence-corrected chi connectivity index (χ2v) is 7.77. The molecule has 2 N–H and O–H groups in total. The molecule has 1 fully saturated rings. The summed E-state index contributed by atoms with van der Waals surface area (Å²) in [6, 6.07) is 3.79. The van der Waals surface area contributed by atoms with Crippen LogP contribution in [0.4, 0.5) is 5.82 Å². The maximum atomic E-state index is 12.4. The third kappa shape index (κ3) is 4.25. The molecule has 1 aliphatic carbocycles. The van der Waals surface area contributed by atoms with Gasteiger partial charge < -0.3 is 10.4 Å². The van der Waals surface area contributed by atoms with Crippen molar-refractivity contribution in [1.82, 2.24) is 14.8 Å². The molecule has 0 saturated heterocycles. The Bertz CT molecular complexity index is 740. The molecule has 6 nitrogen and oxygen atoms in total. The van der Waals surface area contributed by atoms with Gasteiger partial charge in [0.15, 0.2) is 0 Å². The van der Waals surface area contributed by atoms with Crippen molar-refractivity contribution in [2.45, 2.75) is 58.1 Å². The van der Waals surface area contributed by atoms with E-state index in [2.05, 4.69) is 36.2 Å². The van der Waals surface area contributed by atoms with Crippen LogP contribution in [0.15, 0.2) is 30.7 Å². The minimum Gasteiger partial charge on any atom is -0.393 e. The summed E-state index contributed by atoms with van der Waals surface area (Å²) in [6.07, 6.45) is 8.11. The minimum atomic E-state index is -0.259. The van der Waals surface area contributed by atoms with E-state index in [1.807, 2.05) is 29.2 Å². The lowest BCUT2D eigenvalue weighted by molar-refractivity contribution is -0.121. The maximum Gasteiger partial charge on any atom is 0.228 e. The highest BCUT2D eigenvalue weighted by molar-refractivity contribution is 5.92. The molecular weight excluding hydrogens is 316 g/mol. The van der Waals surface area contributed by atoms with Gasteiger partial charge in [-0.3, -0.25) is 9.48 Å². The van der Waals surface area contributed by atoms with Gasteiger partial charge >= 0.3 is 0 Å². The maximum absolute atomic E-state index is 12.4. The van der Waals surface area contributed by atoms with Gasteiger partial charge in [-0.1, -0.05) is 0 Å². The average Bonchev–Trinajstić information content (AvgIpc) is 3.06. The largest absolute Gasteiger partial charge is 0.393 e. The second kappa shape index (κ2) is 6.96. The van der Waals surface area contributed by atoms with E-state index in [-0.39, 0.29) is 23.5 Å². The Kier molecular flexibility index (Phi) is 4.90. The highest BCUT2D eigenvalue weighted by Crippen LogP contribution is 2.27. The Balaban J connectivity index is 1.71. The van der Waals surface area contributed by atoms with Crippen molar-refractivity contribution in [2.24, 2.45) is 5.92 Å². The van der Waals surface area contributed by atoms with Crippen molar-refractivity contribution in [3.05, 3.63) is 30.7 Å². The molecule has 0 atom stereocenters. The quantitative estimate of drug-likeness (QED) is 0.898. The van der Waals surface area contributed by atoms with Crippen molar-refractivity contribution in [1.29, 1.82) is 0 Å². The van der Waals surface area contributed by atoms with Gasteiger partial charge in [-0.05, 0) is 64.2 Å². The average molecular weight is 342 g/mol. The smallest absolute Gasteiger partial charge is 0.228 e. The van der Waals surface area contributed by atoms with E-state index in [1.54, 1.807) is 6.20 Å². The summed E-state index contributed by atoms with van der Waals surface area (Å²) in [5.74, 6) is 0.497. The fourth-order valence-electron chi connectivity index (χ4n) is 3.08. The predicted octanol–water partition coefficient (Wildman–Crippen LogP) is 3.19. The van der Waals surface area contributed by atoms with Crippen LogP contribution in [-0.2, 0) is 10.3 Å². The van der Waals surface area contributed by atoms with Crippen LogP contribution in [0, 0.1) is 5.92 Å². The van der Waals surface area contributed by atoms with Gasteiger partial charge in [0, 0.05) is 23.9 Å². The number of carbonyl (C=O) groups is 1. The first kappa shape index (κ1) is 17.6. The van der Waals surface area contributed by atoms with Crippen molar-refractivity contribution in [3.8, 4) is 11.1 Å². The first-order chi connectivity index (χ1) is 11.8. The van der Waals surface area contributed by atoms with Crippen LogP contribution in [-0.4, -0.2) is 31.9 Å². The number of amides is 1. The Morgan fingerprint density at radius 3 is 2.60 bits per heavy atom. The Labute approximate surface area is 148 Å². The van der Waals surface area contributed by atoms with Gasteiger partial charge in [0.25, 0.3) is 0 Å². The Morgan fingerprint density at radius 1 is 1.24 bits per heavy atom. The van der Waals surface area contributed by atoms with E-state index in [0.717, 1.165) is 24.0 Å². The number of pyridine rings is 1. The van der Waals surface area contributed by atoms with Crippen LogP contribution in [0.25, 0.3) is 11.1 Å². The number of nitrogens with zero attached hydrogens (tertiary/aromatic N) is 3. The molecule has 1 saturated carbocycles. The number of aliphatic hydroxyl groups is 1. The highest BCUT2D eigenvalue weighted by atomic mass is 16.3. The van der Waals surface area contributed by atoms with Gasteiger partial charge in [-0.15, -0.1) is 0 Å². The summed E-state index contributed by atoms with van der Waals surface area (Å²) in [6.45, 7) is 6.30. The third-order valence-corrected chi connectivity index (χ3v) is 4.68. The third-order valence-electron chi connectivity index (χ3n) is 4.68. The number of rotatable bonds is 3. The monoisotopic (exact) mass is 342 g/mol. The number of carbonyl (C=O) groups excluding carboxylic acids is 1. The van der Waals surface area contributed by atoms with Gasteiger partial charge in [0.1, 0.15) is 5.82 Å². The van der Waals surface area contributed by atoms with Crippen LogP contribution < -0.4 is 5.32 Å². The molecule has 6 heteroatoms. The van der Waals surface area contributed by atoms with E-state index in [4.69, 9.17) is 0 Å². The first-order valence-electron chi connectivity index (χ1n) is 8.83. The number of hydrogen-bond donors (Lipinski definition) is 2. The van der Waals surface area contributed by atoms with Crippen molar-refractivity contribution in [2.75, 3.05) is 5.32 Å². The van der Waals surface area contributed by atoms with Gasteiger partial charge in [-0.25, -0.2) is 4.98 Å². The molecule has 0 spiro atoms. The van der Waals surface area contributed by atoms with E-state index in [0.29, 0.717) is 18.7 Å². The SMILES string of the molecule is CC(C)(C)n1cc(-c2ccnc(NC(=O)[C@H]3CC[C@H](O)CC3)c2)cn1. The molecule has 3 rings (SSSR count). The van der Waals surface area contributed by atoms with Crippen LogP contribution in [0.1, 0.15) is 46.5 Å². The second-order valence-electron chi connectivity index (χ2n) is 7.77. The van der Waals surface area contributed by atoms with E-state index < -0.39 is 0 Å². The summed E-state index contributed by atoms with van der Waals surface area (Å²) >= 11 is 0. The summed E-state index contributed by atoms with van der Waals surface area (Å²) in [5, 5.41) is 16.9. The molecule has 25 heavy (non-hydrogen) atoms. The zero-order chi connectivity index (χ0) is 18.0. The molecule has 1 aliphatic rings. The minimum absolute atomic E-state index is 0.0121. The zero-order valence-corrected chi connectivity index (χ0v) is 15.1. The molecule has 0 aromatic carbocycles. The molecule has 2 aromatic rings. The van der Waals surface area contributed by atoms with Crippen LogP contribution in [0.3, 0.4) is 0 Å². The van der Waals surface area contributed by atoms with E-state index >= 15 is 0 Å². The van der Waals surface area contributed by atoms with Crippen molar-refractivity contribution < 1.29 is 9.90 Å². The van der Waals surface area contributed by atoms with E-state index in [1.165, 1.54) is 0 Å². The zero-order valence-electron chi connectivity index (χ0n) is 15.1. The number of aliphatic hydroxyl groups excluding tert-OH is 1. The summed E-state index contributed by atoms with van der Waals surface area (Å²) in [7, 11) is 0. The van der Waals surface area contributed by atoms with Crippen LogP contribution in [0.2, 0.25) is 0 Å². The van der Waals surface area contributed by atoms with Gasteiger partial charge in [0.2, 0.25) is 5.91 Å².